The lowest BCUT2D eigenvalue weighted by Gasteiger charge is -2.18. The van der Waals surface area contributed by atoms with Gasteiger partial charge in [0.25, 0.3) is 0 Å². The molecule has 0 aliphatic rings. The van der Waals surface area contributed by atoms with Crippen molar-refractivity contribution in [3.8, 4) is 28.8 Å². The number of ether oxygens (including phenoxy) is 2. The van der Waals surface area contributed by atoms with Crippen molar-refractivity contribution in [2.45, 2.75) is 25.5 Å². The fourth-order valence-electron chi connectivity index (χ4n) is 3.35. The zero-order valence-electron chi connectivity index (χ0n) is 19.1. The van der Waals surface area contributed by atoms with Gasteiger partial charge in [0.05, 0.1) is 37.1 Å². The molecule has 0 aliphatic heterocycles. The molecule has 3 aromatic heterocycles. The molecule has 0 fully saturated rings. The van der Waals surface area contributed by atoms with Crippen LogP contribution in [-0.2, 0) is 16.4 Å². The number of aromatic nitrogens is 5. The number of sulfonamides is 1. The summed E-state index contributed by atoms with van der Waals surface area (Å²) in [5.74, 6) is 1.46. The monoisotopic (exact) mass is 484 g/mol. The lowest BCUT2D eigenvalue weighted by molar-refractivity contribution is 0.391. The first-order valence-corrected chi connectivity index (χ1v) is 11.9. The van der Waals surface area contributed by atoms with Crippen LogP contribution < -0.4 is 14.2 Å². The fourth-order valence-corrected chi connectivity index (χ4v) is 4.33. The van der Waals surface area contributed by atoms with Gasteiger partial charge in [0.15, 0.2) is 5.76 Å². The quantitative estimate of drug-likeness (QED) is 0.380. The molecule has 3 heterocycles. The van der Waals surface area contributed by atoms with E-state index in [9.17, 15) is 8.42 Å². The molecule has 1 aromatic carbocycles. The van der Waals surface area contributed by atoms with E-state index in [0.29, 0.717) is 28.6 Å². The van der Waals surface area contributed by atoms with Gasteiger partial charge in [-0.25, -0.2) is 8.42 Å². The van der Waals surface area contributed by atoms with Crippen molar-refractivity contribution in [2.24, 2.45) is 0 Å². The number of furan rings is 1. The number of para-hydroxylation sites is 1. The third-order valence-electron chi connectivity index (χ3n) is 5.14. The van der Waals surface area contributed by atoms with E-state index < -0.39 is 15.3 Å². The van der Waals surface area contributed by atoms with Crippen molar-refractivity contribution in [1.82, 2.24) is 25.0 Å². The van der Waals surface area contributed by atoms with E-state index in [1.807, 2.05) is 6.92 Å². The molecule has 0 saturated carbocycles. The minimum atomic E-state index is -3.90. The van der Waals surface area contributed by atoms with Crippen molar-refractivity contribution in [3.63, 3.8) is 0 Å². The van der Waals surface area contributed by atoms with Crippen LogP contribution in [0.15, 0.2) is 53.1 Å². The van der Waals surface area contributed by atoms with Crippen molar-refractivity contribution >= 4 is 16.0 Å². The van der Waals surface area contributed by atoms with Gasteiger partial charge in [0, 0.05) is 6.42 Å². The summed E-state index contributed by atoms with van der Waals surface area (Å²) in [6.07, 6.45) is 1.65. The van der Waals surface area contributed by atoms with Crippen LogP contribution >= 0.6 is 0 Å². The number of hydrogen-bond acceptors (Lipinski definition) is 9. The summed E-state index contributed by atoms with van der Waals surface area (Å²) >= 11 is 0. The van der Waals surface area contributed by atoms with Gasteiger partial charge >= 0.3 is 0 Å². The van der Waals surface area contributed by atoms with Crippen LogP contribution in [0.3, 0.4) is 0 Å². The largest absolute Gasteiger partial charge is 0.494 e. The summed E-state index contributed by atoms with van der Waals surface area (Å²) in [5, 5.41) is 15.5. The Balaban J connectivity index is 1.77. The van der Waals surface area contributed by atoms with Crippen LogP contribution in [0.1, 0.15) is 18.3 Å². The predicted molar refractivity (Wildman–Crippen MR) is 125 cm³/mol. The number of nitrogens with zero attached hydrogens (tertiary/aromatic N) is 5. The molecule has 0 saturated heterocycles. The maximum Gasteiger partial charge on any atom is 0.243 e. The number of aryl methyl sites for hydroxylation is 1. The van der Waals surface area contributed by atoms with E-state index in [1.54, 1.807) is 49.4 Å². The third kappa shape index (κ3) is 4.57. The highest BCUT2D eigenvalue weighted by Crippen LogP contribution is 2.37. The summed E-state index contributed by atoms with van der Waals surface area (Å²) in [7, 11) is -0.893. The number of rotatable bonds is 9. The van der Waals surface area contributed by atoms with Crippen molar-refractivity contribution in [1.29, 1.82) is 0 Å². The summed E-state index contributed by atoms with van der Waals surface area (Å²) in [6, 6.07) is 12.1. The number of hydrogen-bond donors (Lipinski definition) is 1. The molecule has 12 heteroatoms. The Hall–Kier alpha value is -3.93. The van der Waals surface area contributed by atoms with Crippen LogP contribution in [0.2, 0.25) is 0 Å². The molecule has 0 spiro atoms. The molecule has 34 heavy (non-hydrogen) atoms. The van der Waals surface area contributed by atoms with E-state index in [1.165, 1.54) is 25.0 Å². The van der Waals surface area contributed by atoms with Gasteiger partial charge < -0.3 is 13.9 Å². The van der Waals surface area contributed by atoms with Crippen LogP contribution in [0.4, 0.5) is 5.95 Å². The second-order valence-electron chi connectivity index (χ2n) is 7.50. The van der Waals surface area contributed by atoms with Gasteiger partial charge in [0.2, 0.25) is 21.8 Å². The summed E-state index contributed by atoms with van der Waals surface area (Å²) in [6.45, 7) is 3.40. The van der Waals surface area contributed by atoms with Crippen LogP contribution in [0.25, 0.3) is 17.3 Å². The zero-order valence-corrected chi connectivity index (χ0v) is 19.9. The molecule has 1 unspecified atom stereocenters. The molecule has 0 radical (unpaired) electrons. The maximum atomic E-state index is 13.2. The topological polar surface area (TPSA) is 134 Å². The molecule has 0 bridgehead atoms. The van der Waals surface area contributed by atoms with Gasteiger partial charge in [-0.15, -0.1) is 10.2 Å². The molecule has 0 aliphatic carbocycles. The van der Waals surface area contributed by atoms with Gasteiger partial charge in [-0.1, -0.05) is 6.07 Å². The summed E-state index contributed by atoms with van der Waals surface area (Å²) < 4.78 is 47.1. The third-order valence-corrected chi connectivity index (χ3v) is 6.84. The second-order valence-corrected chi connectivity index (χ2v) is 9.60. The molecule has 0 amide bonds. The lowest BCUT2D eigenvalue weighted by Crippen LogP contribution is -2.29. The average molecular weight is 485 g/mol. The minimum absolute atomic E-state index is 0.0453. The highest BCUT2D eigenvalue weighted by Gasteiger charge is 2.29. The molecule has 1 atom stereocenters. The molecule has 11 nitrogen and oxygen atoms in total. The number of nitrogens with one attached hydrogen (secondary N) is 1. The van der Waals surface area contributed by atoms with E-state index in [4.69, 9.17) is 13.9 Å². The minimum Gasteiger partial charge on any atom is -0.494 e. The van der Waals surface area contributed by atoms with Gasteiger partial charge in [0.1, 0.15) is 17.2 Å². The van der Waals surface area contributed by atoms with Crippen molar-refractivity contribution in [2.75, 3.05) is 18.9 Å². The van der Waals surface area contributed by atoms with E-state index >= 15 is 0 Å². The first kappa shape index (κ1) is 23.2. The van der Waals surface area contributed by atoms with Crippen LogP contribution in [0, 0.1) is 6.92 Å². The molecule has 4 rings (SSSR count). The Bertz CT molecular complexity index is 1350. The highest BCUT2D eigenvalue weighted by molar-refractivity contribution is 7.93. The first-order chi connectivity index (χ1) is 16.3. The summed E-state index contributed by atoms with van der Waals surface area (Å²) in [4.78, 5) is 0. The van der Waals surface area contributed by atoms with E-state index in [0.717, 1.165) is 5.69 Å². The van der Waals surface area contributed by atoms with Crippen molar-refractivity contribution < 1.29 is 22.3 Å². The van der Waals surface area contributed by atoms with Crippen molar-refractivity contribution in [3.05, 3.63) is 60.1 Å². The Morgan fingerprint density at radius 1 is 1.00 bits per heavy atom. The van der Waals surface area contributed by atoms with Gasteiger partial charge in [-0.05, 0) is 50.2 Å². The maximum absolute atomic E-state index is 13.2. The van der Waals surface area contributed by atoms with Crippen LogP contribution in [-0.4, -0.2) is 52.8 Å². The van der Waals surface area contributed by atoms with E-state index in [-0.39, 0.29) is 18.2 Å². The summed E-state index contributed by atoms with van der Waals surface area (Å²) in [5.41, 5.74) is 1.73. The normalized spacial score (nSPS) is 12.4. The lowest BCUT2D eigenvalue weighted by atomic mass is 10.2. The smallest absolute Gasteiger partial charge is 0.243 e. The second kappa shape index (κ2) is 9.51. The molecule has 178 valence electrons. The number of benzene rings is 1. The highest BCUT2D eigenvalue weighted by atomic mass is 32.2. The molecular weight excluding hydrogens is 460 g/mol. The van der Waals surface area contributed by atoms with Gasteiger partial charge in [-0.2, -0.15) is 10.2 Å². The first-order valence-electron chi connectivity index (χ1n) is 10.4. The zero-order chi connectivity index (χ0) is 24.3. The Kier molecular flexibility index (Phi) is 6.50. The predicted octanol–water partition coefficient (Wildman–Crippen LogP) is 3.02. The Morgan fingerprint density at radius 2 is 1.74 bits per heavy atom. The van der Waals surface area contributed by atoms with E-state index in [2.05, 4.69) is 25.1 Å². The van der Waals surface area contributed by atoms with Crippen LogP contribution in [0.5, 0.6) is 11.5 Å². The molecule has 4 aromatic rings. The number of methoxy groups -OCH3 is 2. The van der Waals surface area contributed by atoms with Gasteiger partial charge in [-0.3, -0.25) is 9.29 Å². The number of anilines is 1. The standard InChI is InChI=1S/C22H24N6O5S/c1-14-10-11-16(24-23-14)13-15(2)34(29,30)27-22-26-25-21(19-9-6-12-33-19)28(22)20-17(31-3)7-5-8-18(20)32-4/h5-12,15H,13H2,1-4H3,(H,26,27). The Morgan fingerprint density at radius 3 is 2.32 bits per heavy atom. The molecule has 1 N–H and O–H groups in total. The SMILES string of the molecule is COc1cccc(OC)c1-n1c(NS(=O)(=O)C(C)Cc2ccc(C)nn2)nnc1-c1ccco1. The Labute approximate surface area is 196 Å². The fraction of sp³-hybridized carbons (Fsp3) is 0.273. The average Bonchev–Trinajstić information content (AvgIpc) is 3.49. The molecular formula is C22H24N6O5S.